The standard InChI is InChI=1S/C57H73N7O14.C53H67N9O8.H2S/c1-31-25-44(66)47(63(13)51(69)36(21-22-58-53(71)77-56(7,8)9)30-43(65)46-32(2)60-49(61-33(46)3)35-16-18-38(19-17-35)55(4,5)6)37-28-40(48(67)42(29-37)64(73)74)39-26-34(27-41(52(70)75-14)62-50(31)68)15-20-45(39)76-24-23-59-54(72)78-57(10,11)12;1-30-23-44(65)48(62(7)52(68)35(16-18-55)28-43(64)47-31(2)59-50(60-32(47)3)34-11-13-38(14-12-34)53(4,5)6)36-26-37(29-46(58)66)49(70-22-20-57)40(27-36)39-24-33(10-15-45(39)69-21-19-56)25-41(61-51(30)67)42(63)9-8-17-54;/h15-20,26,28-29,31,36,41,47,67H,21-25,27,30H2,1-14H3,(H,58,71)(H,59,72)(H,62,68);10-15,24,26-27,30,35,41,48H,8-9,16,18-23,25,28-29,55-57H2,1-7H3,(H2,58,66)(H,61,67);1H2/t31-,36-,41+,47+;30-,35-,41+,48+;/m11./s1. The number of phenols is 1. The van der Waals surface area contributed by atoms with Crippen molar-refractivity contribution in [3.63, 3.8) is 0 Å². The topological polar surface area (TPSA) is 575 Å². The summed E-state index contributed by atoms with van der Waals surface area (Å²) < 4.78 is 34.3. The smallest absolute Gasteiger partial charge is 0.407 e. The number of fused-ring (bicyclic) bond motifs is 10. The van der Waals surface area contributed by atoms with Crippen molar-refractivity contribution in [1.29, 1.82) is 5.26 Å². The number of nitro groups is 1. The number of amides is 7. The molecule has 13 N–H and O–H groups in total. The number of rotatable bonds is 34. The highest BCUT2D eigenvalue weighted by atomic mass is 32.1. The highest BCUT2D eigenvalue weighted by Gasteiger charge is 2.42. The SMILES string of the molecule is COC(=O)[C@@H]1Cc2ccc(OCCNC(=O)OC(C)(C)C)c(c2)-c2cc(cc([N+](=O)[O-])c2O)[C@H](N(C)C(=O)[C@H](CCNC(=O)OC(C)(C)C)CC(=O)c2c(C)nc(-c3ccc(C(C)(C)C)cc3)nc2C)C(=O)C[C@@H](C)C(=O)N1.Cc1nc(-c2ccc(C(C)(C)C)cc2)nc(C)c1C(=O)C[C@@H](CCN)C(=O)N(C)[C@@H]1C(=O)C[C@@H](C)C(=O)N[C@H](C(=O)CCC#N)Cc2ccc(OCCN)c(c2)-c2cc1cc(CC(N)=O)c2OCCN.S. The molecule has 0 saturated carbocycles. The molecular weight excluding hydrogens is 1930 g/mol. The van der Waals surface area contributed by atoms with Crippen molar-refractivity contribution in [3.8, 4) is 74.1 Å². The van der Waals surface area contributed by atoms with E-state index in [0.717, 1.165) is 40.3 Å². The molecule has 8 aromatic rings. The molecule has 0 radical (unpaired) electrons. The first-order valence-electron chi connectivity index (χ1n) is 49.3. The van der Waals surface area contributed by atoms with Gasteiger partial charge in [0.25, 0.3) is 0 Å². The molecule has 8 bridgehead atoms. The van der Waals surface area contributed by atoms with Crippen LogP contribution in [-0.4, -0.2) is 213 Å². The van der Waals surface area contributed by atoms with Crippen LogP contribution in [0.3, 0.4) is 0 Å². The molecule has 0 spiro atoms. The fraction of sp³-hybridized carbons (Fsp3) is 0.473. The van der Waals surface area contributed by atoms with E-state index in [9.17, 15) is 73.2 Å². The van der Waals surface area contributed by atoms with Crippen LogP contribution in [0.25, 0.3) is 45.0 Å². The maximum absolute atomic E-state index is 15.3. The number of hydrogen-bond acceptors (Lipinski definition) is 30. The van der Waals surface area contributed by atoms with E-state index in [2.05, 4.69) is 62.8 Å². The van der Waals surface area contributed by atoms with Gasteiger partial charge in [0, 0.05) is 147 Å². The molecular formula is C110H142N16O22S. The molecule has 8 atom stereocenters. The van der Waals surface area contributed by atoms with Gasteiger partial charge in [0.2, 0.25) is 35.3 Å². The highest BCUT2D eigenvalue weighted by Crippen LogP contribution is 2.48. The zero-order valence-corrected chi connectivity index (χ0v) is 89.9. The van der Waals surface area contributed by atoms with Gasteiger partial charge in [-0.2, -0.15) is 18.8 Å². The fourth-order valence-corrected chi connectivity index (χ4v) is 17.7. The number of nitro benzene ring substituents is 1. The first-order valence-corrected chi connectivity index (χ1v) is 49.3. The van der Waals surface area contributed by atoms with Crippen LogP contribution < -0.4 is 58.4 Å². The number of aromatic hydroxyl groups is 1. The second-order valence-electron chi connectivity index (χ2n) is 41.4. The van der Waals surface area contributed by atoms with Crippen molar-refractivity contribution >= 4 is 95.8 Å². The summed E-state index contributed by atoms with van der Waals surface area (Å²) >= 11 is 0. The molecule has 0 unspecified atom stereocenters. The van der Waals surface area contributed by atoms with Crippen LogP contribution in [0.15, 0.2) is 109 Å². The van der Waals surface area contributed by atoms with Gasteiger partial charge in [-0.1, -0.05) is 116 Å². The Hall–Kier alpha value is -14.5. The molecule has 800 valence electrons. The molecule has 38 nitrogen and oxygen atoms in total. The Morgan fingerprint density at radius 2 is 0.966 bits per heavy atom. The summed E-state index contributed by atoms with van der Waals surface area (Å²) in [5.41, 5.74) is 28.8. The summed E-state index contributed by atoms with van der Waals surface area (Å²) in [5.74, 6) is -10.7. The molecule has 0 saturated heterocycles. The number of benzene rings is 6. The normalized spacial score (nSPS) is 16.3. The zero-order chi connectivity index (χ0) is 110. The second-order valence-corrected chi connectivity index (χ2v) is 41.4. The van der Waals surface area contributed by atoms with Gasteiger partial charge >= 0.3 is 23.8 Å². The number of ether oxygens (including phenoxy) is 6. The molecule has 2 aliphatic heterocycles. The zero-order valence-electron chi connectivity index (χ0n) is 88.9. The average Bonchev–Trinajstić information content (AvgIpc) is 0.764. The monoisotopic (exact) mass is 2070 g/mol. The van der Waals surface area contributed by atoms with Crippen molar-refractivity contribution in [2.24, 2.45) is 46.6 Å². The maximum atomic E-state index is 15.3. The summed E-state index contributed by atoms with van der Waals surface area (Å²) in [7, 11) is 3.85. The molecule has 6 aromatic carbocycles. The van der Waals surface area contributed by atoms with E-state index in [1.165, 1.54) is 44.1 Å². The number of methoxy groups -OCH3 is 1. The summed E-state index contributed by atoms with van der Waals surface area (Å²) in [5, 5.41) is 44.7. The van der Waals surface area contributed by atoms with E-state index in [1.807, 2.05) is 54.6 Å². The lowest BCUT2D eigenvalue weighted by molar-refractivity contribution is -0.385. The van der Waals surface area contributed by atoms with E-state index in [0.29, 0.717) is 62.4 Å². The molecule has 39 heteroatoms. The van der Waals surface area contributed by atoms with Crippen LogP contribution in [0.2, 0.25) is 0 Å². The lowest BCUT2D eigenvalue weighted by Crippen LogP contribution is -2.46. The molecule has 0 fully saturated rings. The number of primary amides is 1. The van der Waals surface area contributed by atoms with Crippen molar-refractivity contribution in [1.82, 2.24) is 51.0 Å². The van der Waals surface area contributed by atoms with Crippen LogP contribution in [0.4, 0.5) is 15.3 Å². The minimum Gasteiger partial charge on any atom is -0.502 e. The fourth-order valence-electron chi connectivity index (χ4n) is 17.7. The van der Waals surface area contributed by atoms with Gasteiger partial charge in [-0.25, -0.2) is 34.3 Å². The Bertz CT molecular complexity index is 6290. The Balaban J connectivity index is 0.000000363. The number of aromatic nitrogens is 4. The number of likely N-dealkylation sites (N-methyl/N-ethyl adjacent to an activating group) is 2. The number of ketones is 5. The molecule has 4 heterocycles. The highest BCUT2D eigenvalue weighted by molar-refractivity contribution is 7.59. The summed E-state index contributed by atoms with van der Waals surface area (Å²) in [4.78, 5) is 215. The molecule has 2 aromatic heterocycles. The molecule has 7 amide bonds. The van der Waals surface area contributed by atoms with Crippen molar-refractivity contribution < 1.29 is 101 Å². The van der Waals surface area contributed by atoms with E-state index in [4.69, 9.17) is 71.3 Å². The van der Waals surface area contributed by atoms with Crippen LogP contribution in [-0.2, 0) is 87.5 Å². The minimum atomic E-state index is -1.72. The summed E-state index contributed by atoms with van der Waals surface area (Å²) in [6.07, 6.45) is -4.02. The van der Waals surface area contributed by atoms with Gasteiger partial charge in [0.05, 0.1) is 71.0 Å². The predicted octanol–water partition coefficient (Wildman–Crippen LogP) is 13.1. The van der Waals surface area contributed by atoms with Crippen LogP contribution in [0.1, 0.15) is 243 Å². The van der Waals surface area contributed by atoms with Gasteiger partial charge in [-0.15, -0.1) is 0 Å². The molecule has 10 rings (SSSR count). The Labute approximate surface area is 876 Å². The lowest BCUT2D eigenvalue weighted by atomic mass is 9.86. The number of nitriles is 1. The van der Waals surface area contributed by atoms with E-state index < -0.39 is 160 Å². The Kier molecular flexibility index (Phi) is 42.1. The van der Waals surface area contributed by atoms with E-state index in [-0.39, 0.29) is 190 Å². The van der Waals surface area contributed by atoms with Crippen molar-refractivity contribution in [2.75, 3.05) is 73.7 Å². The van der Waals surface area contributed by atoms with Gasteiger partial charge in [0.1, 0.15) is 66.4 Å². The predicted molar refractivity (Wildman–Crippen MR) is 565 cm³/mol. The number of carbonyl (C=O) groups excluding carboxylic acids is 13. The number of nitrogens with zero attached hydrogens (tertiary/aromatic N) is 8. The van der Waals surface area contributed by atoms with Crippen LogP contribution in [0.5, 0.6) is 23.0 Å². The quantitative estimate of drug-likeness (QED) is 0.00452. The number of aryl methyl sites for hydroxylation is 4. The van der Waals surface area contributed by atoms with Crippen molar-refractivity contribution in [2.45, 2.75) is 241 Å². The van der Waals surface area contributed by atoms with Gasteiger partial charge < -0.3 is 87.5 Å². The number of carbonyl (C=O) groups is 13. The van der Waals surface area contributed by atoms with Crippen molar-refractivity contribution in [3.05, 3.63) is 192 Å². The van der Waals surface area contributed by atoms with E-state index >= 15 is 9.59 Å². The largest absolute Gasteiger partial charge is 0.502 e. The number of nitrogens with two attached hydrogens (primary N) is 4. The number of hydrogen-bond donors (Lipinski definition) is 9. The number of alkyl carbamates (subject to hydrolysis) is 2. The third-order valence-electron chi connectivity index (χ3n) is 25.1. The van der Waals surface area contributed by atoms with Gasteiger partial charge in [0.15, 0.2) is 40.6 Å². The second kappa shape index (κ2) is 52.4. The summed E-state index contributed by atoms with van der Waals surface area (Å²) in [6, 6.07) is 27.4. The number of Topliss-reactive ketones (excluding diaryl/α,β-unsaturated/α-hetero) is 5. The van der Waals surface area contributed by atoms with Gasteiger partial charge in [-0.05, 0) is 182 Å². The Morgan fingerprint density at radius 1 is 0.550 bits per heavy atom. The molecule has 0 aliphatic carbocycles. The first kappa shape index (κ1) is 120. The molecule has 149 heavy (non-hydrogen) atoms. The molecule has 2 aliphatic rings. The first-order chi connectivity index (χ1) is 69.5. The average molecular weight is 2070 g/mol. The third kappa shape index (κ3) is 32.3. The van der Waals surface area contributed by atoms with Crippen LogP contribution >= 0.6 is 13.5 Å². The number of phenolic OH excluding ortho intramolecular Hbond substituents is 1. The third-order valence-corrected chi connectivity index (χ3v) is 25.1. The number of esters is 1. The maximum Gasteiger partial charge on any atom is 0.407 e. The summed E-state index contributed by atoms with van der Waals surface area (Å²) in [6.45, 7) is 32.5. The Morgan fingerprint density at radius 3 is 1.39 bits per heavy atom. The number of nitrogens with one attached hydrogen (secondary N) is 4. The van der Waals surface area contributed by atoms with E-state index in [1.54, 1.807) is 113 Å². The lowest BCUT2D eigenvalue weighted by Gasteiger charge is -2.33. The minimum absolute atomic E-state index is 0. The van der Waals surface area contributed by atoms with Crippen LogP contribution in [0, 0.1) is 72.8 Å². The van der Waals surface area contributed by atoms with Gasteiger partial charge in [-0.3, -0.25) is 58.1 Å².